The summed E-state index contributed by atoms with van der Waals surface area (Å²) >= 11 is 3.34. The molecule has 5 nitrogen and oxygen atoms in total. The maximum absolute atomic E-state index is 12.5. The van der Waals surface area contributed by atoms with Crippen molar-refractivity contribution in [1.82, 2.24) is 14.5 Å². The molecule has 18 heavy (non-hydrogen) atoms. The highest BCUT2D eigenvalue weighted by Gasteiger charge is 2.32. The summed E-state index contributed by atoms with van der Waals surface area (Å²) < 4.78 is 26.7. The highest BCUT2D eigenvalue weighted by atomic mass is 79.9. The molecular weight excluding hydrogens is 318 g/mol. The molecule has 0 unspecified atom stereocenters. The number of sulfonamides is 1. The van der Waals surface area contributed by atoms with Crippen molar-refractivity contribution in [2.45, 2.75) is 43.0 Å². The molecule has 0 radical (unpaired) electrons. The lowest BCUT2D eigenvalue weighted by Crippen LogP contribution is -2.42. The fourth-order valence-electron chi connectivity index (χ4n) is 2.47. The van der Waals surface area contributed by atoms with Crippen LogP contribution in [0.25, 0.3) is 0 Å². The summed E-state index contributed by atoms with van der Waals surface area (Å²) in [5, 5.41) is 6.96. The third-order valence-corrected chi connectivity index (χ3v) is 5.64. The number of halogens is 1. The maximum atomic E-state index is 12.5. The standard InChI is InChI=1S/C11H18BrN3O2S/c12-6-7-15(10-4-2-1-3-5-10)18(16,17)11-8-13-14-9-11/h8-10H,1-7H2,(H,13,14). The number of nitrogens with zero attached hydrogens (tertiary/aromatic N) is 2. The molecule has 0 saturated heterocycles. The Kier molecular flexibility index (Phi) is 4.80. The van der Waals surface area contributed by atoms with Gasteiger partial charge in [-0.1, -0.05) is 35.2 Å². The Morgan fingerprint density at radius 3 is 2.67 bits per heavy atom. The van der Waals surface area contributed by atoms with Gasteiger partial charge < -0.3 is 0 Å². The second-order valence-electron chi connectivity index (χ2n) is 4.53. The lowest BCUT2D eigenvalue weighted by Gasteiger charge is -2.32. The van der Waals surface area contributed by atoms with Crippen LogP contribution < -0.4 is 0 Å². The topological polar surface area (TPSA) is 66.1 Å². The molecule has 0 aromatic carbocycles. The highest BCUT2D eigenvalue weighted by Crippen LogP contribution is 2.27. The normalized spacial score (nSPS) is 18.3. The van der Waals surface area contributed by atoms with Crippen molar-refractivity contribution in [3.63, 3.8) is 0 Å². The molecule has 7 heteroatoms. The number of nitrogens with one attached hydrogen (secondary N) is 1. The number of aromatic amines is 1. The zero-order chi connectivity index (χ0) is 13.0. The minimum atomic E-state index is -3.41. The number of aromatic nitrogens is 2. The fourth-order valence-corrected chi connectivity index (χ4v) is 4.68. The van der Waals surface area contributed by atoms with Crippen molar-refractivity contribution < 1.29 is 8.42 Å². The summed E-state index contributed by atoms with van der Waals surface area (Å²) in [6.45, 7) is 0.512. The van der Waals surface area contributed by atoms with Gasteiger partial charge in [0, 0.05) is 24.1 Å². The number of H-pyrrole nitrogens is 1. The first kappa shape index (κ1) is 14.0. The number of rotatable bonds is 5. The van der Waals surface area contributed by atoms with Gasteiger partial charge in [-0.05, 0) is 12.8 Å². The van der Waals surface area contributed by atoms with Crippen LogP contribution in [0.4, 0.5) is 0 Å². The zero-order valence-electron chi connectivity index (χ0n) is 10.2. The Hall–Kier alpha value is -0.400. The van der Waals surface area contributed by atoms with E-state index in [4.69, 9.17) is 0 Å². The van der Waals surface area contributed by atoms with Gasteiger partial charge in [-0.2, -0.15) is 9.40 Å². The first-order valence-electron chi connectivity index (χ1n) is 6.23. The molecule has 0 amide bonds. The molecule has 1 aromatic heterocycles. The van der Waals surface area contributed by atoms with E-state index in [1.165, 1.54) is 18.8 Å². The van der Waals surface area contributed by atoms with E-state index in [1.54, 1.807) is 4.31 Å². The molecule has 0 bridgehead atoms. The Labute approximate surface area is 116 Å². The average Bonchev–Trinajstić information content (AvgIpc) is 2.91. The van der Waals surface area contributed by atoms with Crippen molar-refractivity contribution >= 4 is 26.0 Å². The molecule has 1 fully saturated rings. The zero-order valence-corrected chi connectivity index (χ0v) is 12.6. The number of hydrogen-bond acceptors (Lipinski definition) is 3. The minimum Gasteiger partial charge on any atom is -0.284 e. The quantitative estimate of drug-likeness (QED) is 0.838. The second-order valence-corrected chi connectivity index (χ2v) is 7.21. The second kappa shape index (κ2) is 6.16. The summed E-state index contributed by atoms with van der Waals surface area (Å²) in [6.07, 6.45) is 8.19. The molecule has 1 saturated carbocycles. The largest absolute Gasteiger partial charge is 0.284 e. The van der Waals surface area contributed by atoms with E-state index in [1.807, 2.05) is 0 Å². The predicted molar refractivity (Wildman–Crippen MR) is 73.1 cm³/mol. The average molecular weight is 336 g/mol. The Morgan fingerprint density at radius 1 is 1.39 bits per heavy atom. The molecule has 0 atom stereocenters. The molecule has 1 aliphatic rings. The van der Waals surface area contributed by atoms with E-state index in [0.717, 1.165) is 25.7 Å². The summed E-state index contributed by atoms with van der Waals surface area (Å²) in [7, 11) is -3.41. The van der Waals surface area contributed by atoms with Crippen LogP contribution in [0.2, 0.25) is 0 Å². The lowest BCUT2D eigenvalue weighted by molar-refractivity contribution is 0.263. The molecule has 1 heterocycles. The van der Waals surface area contributed by atoms with Crippen molar-refractivity contribution in [2.75, 3.05) is 11.9 Å². The molecule has 1 aromatic rings. The first-order chi connectivity index (χ1) is 8.66. The smallest absolute Gasteiger partial charge is 0.246 e. The third-order valence-electron chi connectivity index (χ3n) is 3.37. The van der Waals surface area contributed by atoms with Gasteiger partial charge in [0.05, 0.1) is 6.20 Å². The SMILES string of the molecule is O=S(=O)(c1cn[nH]c1)N(CCBr)C1CCCCC1. The molecule has 0 aliphatic heterocycles. The van der Waals surface area contributed by atoms with E-state index in [2.05, 4.69) is 26.1 Å². The summed E-state index contributed by atoms with van der Waals surface area (Å²) in [6, 6.07) is 0.135. The van der Waals surface area contributed by atoms with Gasteiger partial charge in [-0.15, -0.1) is 0 Å². The predicted octanol–water partition coefficient (Wildman–Crippen LogP) is 2.13. The van der Waals surface area contributed by atoms with Crippen LogP contribution in [0.5, 0.6) is 0 Å². The maximum Gasteiger partial charge on any atom is 0.246 e. The van der Waals surface area contributed by atoms with E-state index in [-0.39, 0.29) is 10.9 Å². The van der Waals surface area contributed by atoms with E-state index in [0.29, 0.717) is 11.9 Å². The Morgan fingerprint density at radius 2 is 2.11 bits per heavy atom. The number of hydrogen-bond donors (Lipinski definition) is 1. The molecule has 2 rings (SSSR count). The lowest BCUT2D eigenvalue weighted by atomic mass is 9.95. The van der Waals surface area contributed by atoms with Gasteiger partial charge in [0.15, 0.2) is 0 Å². The van der Waals surface area contributed by atoms with Crippen LogP contribution in [-0.2, 0) is 10.0 Å². The van der Waals surface area contributed by atoms with E-state index in [9.17, 15) is 8.42 Å². The first-order valence-corrected chi connectivity index (χ1v) is 8.79. The van der Waals surface area contributed by atoms with Crippen molar-refractivity contribution in [3.05, 3.63) is 12.4 Å². The Bertz CT molecular complexity index is 455. The van der Waals surface area contributed by atoms with Gasteiger partial charge in [-0.25, -0.2) is 8.42 Å². The fraction of sp³-hybridized carbons (Fsp3) is 0.727. The van der Waals surface area contributed by atoms with Crippen molar-refractivity contribution in [2.24, 2.45) is 0 Å². The Balaban J connectivity index is 2.23. The van der Waals surface area contributed by atoms with Crippen molar-refractivity contribution in [3.8, 4) is 0 Å². The molecule has 0 spiro atoms. The molecule has 102 valence electrons. The van der Waals surface area contributed by atoms with Gasteiger partial charge >= 0.3 is 0 Å². The van der Waals surface area contributed by atoms with Crippen molar-refractivity contribution in [1.29, 1.82) is 0 Å². The minimum absolute atomic E-state index is 0.135. The monoisotopic (exact) mass is 335 g/mol. The van der Waals surface area contributed by atoms with E-state index >= 15 is 0 Å². The van der Waals surface area contributed by atoms with Gasteiger partial charge in [0.25, 0.3) is 0 Å². The van der Waals surface area contributed by atoms with Crippen LogP contribution in [-0.4, -0.2) is 40.8 Å². The van der Waals surface area contributed by atoms with Gasteiger partial charge in [-0.3, -0.25) is 5.10 Å². The van der Waals surface area contributed by atoms with Crippen LogP contribution >= 0.6 is 15.9 Å². The molecule has 1 aliphatic carbocycles. The highest BCUT2D eigenvalue weighted by molar-refractivity contribution is 9.09. The summed E-state index contributed by atoms with van der Waals surface area (Å²) in [5.74, 6) is 0. The molecular formula is C11H18BrN3O2S. The van der Waals surface area contributed by atoms with Gasteiger partial charge in [0.2, 0.25) is 10.0 Å². The molecule has 1 N–H and O–H groups in total. The van der Waals surface area contributed by atoms with Crippen LogP contribution in [0, 0.1) is 0 Å². The van der Waals surface area contributed by atoms with Crippen LogP contribution in [0.1, 0.15) is 32.1 Å². The van der Waals surface area contributed by atoms with E-state index < -0.39 is 10.0 Å². The van der Waals surface area contributed by atoms with Crippen LogP contribution in [0.3, 0.4) is 0 Å². The van der Waals surface area contributed by atoms with Gasteiger partial charge in [0.1, 0.15) is 4.90 Å². The third kappa shape index (κ3) is 2.95. The summed E-state index contributed by atoms with van der Waals surface area (Å²) in [5.41, 5.74) is 0. The summed E-state index contributed by atoms with van der Waals surface area (Å²) in [4.78, 5) is 0.258. The van der Waals surface area contributed by atoms with Crippen LogP contribution in [0.15, 0.2) is 17.3 Å². The number of alkyl halides is 1.